The molecule has 1 aliphatic rings. The topological polar surface area (TPSA) is 61.3 Å². The summed E-state index contributed by atoms with van der Waals surface area (Å²) in [5, 5.41) is 12.3. The van der Waals surface area contributed by atoms with Crippen LogP contribution in [0.3, 0.4) is 0 Å². The monoisotopic (exact) mass is 250 g/mol. The third-order valence-electron chi connectivity index (χ3n) is 3.32. The lowest BCUT2D eigenvalue weighted by molar-refractivity contribution is 0.290. The van der Waals surface area contributed by atoms with Gasteiger partial charge in [-0.2, -0.15) is 0 Å². The van der Waals surface area contributed by atoms with Crippen LogP contribution in [-0.4, -0.2) is 41.3 Å². The van der Waals surface area contributed by atoms with Gasteiger partial charge < -0.3 is 15.3 Å². The first-order valence-electron chi connectivity index (χ1n) is 6.63. The Kier molecular flexibility index (Phi) is 4.36. The van der Waals surface area contributed by atoms with Gasteiger partial charge in [-0.3, -0.25) is 0 Å². The summed E-state index contributed by atoms with van der Waals surface area (Å²) in [6, 6.07) is 2.57. The third-order valence-corrected chi connectivity index (χ3v) is 3.32. The Hall–Kier alpha value is -1.36. The minimum atomic E-state index is 0.210. The molecule has 0 amide bonds. The van der Waals surface area contributed by atoms with Crippen LogP contribution in [0.1, 0.15) is 31.5 Å². The van der Waals surface area contributed by atoms with Gasteiger partial charge in [-0.1, -0.05) is 0 Å². The van der Waals surface area contributed by atoms with Gasteiger partial charge in [0.1, 0.15) is 17.5 Å². The number of aliphatic hydroxyl groups is 1. The fourth-order valence-corrected chi connectivity index (χ4v) is 2.01. The molecule has 0 atom stereocenters. The number of anilines is 2. The van der Waals surface area contributed by atoms with Gasteiger partial charge in [0, 0.05) is 32.3 Å². The molecule has 0 bridgehead atoms. The van der Waals surface area contributed by atoms with E-state index in [0.717, 1.165) is 30.4 Å². The molecule has 1 saturated carbocycles. The molecule has 1 aliphatic carbocycles. The molecule has 2 rings (SSSR count). The zero-order valence-corrected chi connectivity index (χ0v) is 11.2. The average Bonchev–Trinajstić information content (AvgIpc) is 2.30. The van der Waals surface area contributed by atoms with E-state index in [0.29, 0.717) is 6.04 Å². The van der Waals surface area contributed by atoms with E-state index in [-0.39, 0.29) is 6.61 Å². The summed E-state index contributed by atoms with van der Waals surface area (Å²) in [5.74, 6) is 2.61. The second kappa shape index (κ2) is 6.00. The van der Waals surface area contributed by atoms with Crippen LogP contribution >= 0.6 is 0 Å². The van der Waals surface area contributed by atoms with Crippen LogP contribution in [0.25, 0.3) is 0 Å². The molecular weight excluding hydrogens is 228 g/mol. The van der Waals surface area contributed by atoms with E-state index >= 15 is 0 Å². The minimum Gasteiger partial charge on any atom is -0.396 e. The van der Waals surface area contributed by atoms with Crippen molar-refractivity contribution in [1.82, 2.24) is 9.97 Å². The predicted octanol–water partition coefficient (Wildman–Crippen LogP) is 1.57. The Morgan fingerprint density at radius 2 is 2.22 bits per heavy atom. The normalized spacial score (nSPS) is 15.3. The van der Waals surface area contributed by atoms with Crippen molar-refractivity contribution in [3.63, 3.8) is 0 Å². The predicted molar refractivity (Wildman–Crippen MR) is 73.0 cm³/mol. The number of nitrogens with zero attached hydrogens (tertiary/aromatic N) is 3. The third kappa shape index (κ3) is 3.32. The average molecular weight is 250 g/mol. The molecular formula is C13H22N4O. The van der Waals surface area contributed by atoms with Crippen molar-refractivity contribution in [2.75, 3.05) is 30.4 Å². The molecule has 0 aromatic carbocycles. The summed E-state index contributed by atoms with van der Waals surface area (Å²) in [5.41, 5.74) is 0. The van der Waals surface area contributed by atoms with Crippen molar-refractivity contribution < 1.29 is 5.11 Å². The molecule has 0 saturated heterocycles. The van der Waals surface area contributed by atoms with Crippen LogP contribution in [0.5, 0.6) is 0 Å². The Morgan fingerprint density at radius 1 is 1.44 bits per heavy atom. The molecule has 0 unspecified atom stereocenters. The summed E-state index contributed by atoms with van der Waals surface area (Å²) in [4.78, 5) is 10.9. The molecule has 1 heterocycles. The van der Waals surface area contributed by atoms with Gasteiger partial charge in [0.05, 0.1) is 0 Å². The van der Waals surface area contributed by atoms with Gasteiger partial charge >= 0.3 is 0 Å². The first-order valence-corrected chi connectivity index (χ1v) is 6.63. The van der Waals surface area contributed by atoms with Gasteiger partial charge in [-0.15, -0.1) is 0 Å². The van der Waals surface area contributed by atoms with Gasteiger partial charge in [0.25, 0.3) is 0 Å². The maximum atomic E-state index is 8.86. The summed E-state index contributed by atoms with van der Waals surface area (Å²) >= 11 is 0. The zero-order chi connectivity index (χ0) is 13.0. The number of aryl methyl sites for hydroxylation is 1. The van der Waals surface area contributed by atoms with E-state index in [2.05, 4.69) is 20.2 Å². The van der Waals surface area contributed by atoms with E-state index in [4.69, 9.17) is 5.11 Å². The molecule has 1 aromatic heterocycles. The highest BCUT2D eigenvalue weighted by Crippen LogP contribution is 2.23. The summed E-state index contributed by atoms with van der Waals surface area (Å²) in [7, 11) is 1.99. The fraction of sp³-hybridized carbons (Fsp3) is 0.692. The molecule has 18 heavy (non-hydrogen) atoms. The second-order valence-electron chi connectivity index (χ2n) is 4.93. The molecule has 0 spiro atoms. The molecule has 0 radical (unpaired) electrons. The summed E-state index contributed by atoms with van der Waals surface area (Å²) in [6.07, 6.45) is 4.54. The van der Waals surface area contributed by atoms with Crippen LogP contribution in [0, 0.1) is 6.92 Å². The van der Waals surface area contributed by atoms with Crippen LogP contribution in [0.4, 0.5) is 11.6 Å². The van der Waals surface area contributed by atoms with Crippen molar-refractivity contribution in [2.45, 2.75) is 38.6 Å². The molecule has 100 valence electrons. The molecule has 2 N–H and O–H groups in total. The maximum Gasteiger partial charge on any atom is 0.134 e. The second-order valence-corrected chi connectivity index (χ2v) is 4.93. The first-order chi connectivity index (χ1) is 8.69. The Bertz CT molecular complexity index is 393. The highest BCUT2D eigenvalue weighted by Gasteiger charge is 2.18. The fourth-order valence-electron chi connectivity index (χ4n) is 2.01. The highest BCUT2D eigenvalue weighted by atomic mass is 16.3. The van der Waals surface area contributed by atoms with Gasteiger partial charge in [-0.05, 0) is 32.6 Å². The number of hydrogen-bond donors (Lipinski definition) is 2. The van der Waals surface area contributed by atoms with Crippen LogP contribution in [0.2, 0.25) is 0 Å². The number of rotatable bonds is 6. The van der Waals surface area contributed by atoms with Crippen LogP contribution in [-0.2, 0) is 0 Å². The smallest absolute Gasteiger partial charge is 0.134 e. The Labute approximate surface area is 108 Å². The van der Waals surface area contributed by atoms with Crippen molar-refractivity contribution in [1.29, 1.82) is 0 Å². The first kappa shape index (κ1) is 13.1. The lowest BCUT2D eigenvalue weighted by atomic mass is 9.93. The molecule has 1 aromatic rings. The Morgan fingerprint density at radius 3 is 2.83 bits per heavy atom. The van der Waals surface area contributed by atoms with E-state index in [1.165, 1.54) is 19.3 Å². The van der Waals surface area contributed by atoms with Gasteiger partial charge in [-0.25, -0.2) is 9.97 Å². The van der Waals surface area contributed by atoms with Crippen LogP contribution in [0.15, 0.2) is 6.07 Å². The van der Waals surface area contributed by atoms with Crippen molar-refractivity contribution in [3.8, 4) is 0 Å². The zero-order valence-electron chi connectivity index (χ0n) is 11.2. The van der Waals surface area contributed by atoms with E-state index in [1.54, 1.807) is 0 Å². The number of aliphatic hydroxyl groups excluding tert-OH is 1. The van der Waals surface area contributed by atoms with Crippen molar-refractivity contribution in [3.05, 3.63) is 11.9 Å². The van der Waals surface area contributed by atoms with E-state index in [9.17, 15) is 0 Å². The van der Waals surface area contributed by atoms with E-state index < -0.39 is 0 Å². The Balaban J connectivity index is 2.04. The molecule has 0 aliphatic heterocycles. The highest BCUT2D eigenvalue weighted by molar-refractivity contribution is 5.49. The molecule has 5 nitrogen and oxygen atoms in total. The summed E-state index contributed by atoms with van der Waals surface area (Å²) in [6.45, 7) is 2.92. The molecule has 1 fully saturated rings. The lowest BCUT2D eigenvalue weighted by Gasteiger charge is -2.27. The maximum absolute atomic E-state index is 8.86. The minimum absolute atomic E-state index is 0.210. The SMILES string of the molecule is Cc1nc(NC2CCC2)cc(N(C)CCCO)n1. The van der Waals surface area contributed by atoms with Crippen molar-refractivity contribution >= 4 is 11.6 Å². The number of aromatic nitrogens is 2. The quantitative estimate of drug-likeness (QED) is 0.802. The van der Waals surface area contributed by atoms with Gasteiger partial charge in [0.2, 0.25) is 0 Å². The van der Waals surface area contributed by atoms with Crippen molar-refractivity contribution in [2.24, 2.45) is 0 Å². The lowest BCUT2D eigenvalue weighted by Crippen LogP contribution is -2.28. The van der Waals surface area contributed by atoms with E-state index in [1.807, 2.05) is 20.0 Å². The standard InChI is InChI=1S/C13H22N4O/c1-10-14-12(16-11-5-3-6-11)9-13(15-10)17(2)7-4-8-18/h9,11,18H,3-8H2,1-2H3,(H,14,15,16). The summed E-state index contributed by atoms with van der Waals surface area (Å²) < 4.78 is 0. The molecule has 5 heteroatoms. The van der Waals surface area contributed by atoms with Crippen LogP contribution < -0.4 is 10.2 Å². The van der Waals surface area contributed by atoms with Gasteiger partial charge in [0.15, 0.2) is 0 Å². The number of hydrogen-bond acceptors (Lipinski definition) is 5. The number of nitrogens with one attached hydrogen (secondary N) is 1. The largest absolute Gasteiger partial charge is 0.396 e.